The van der Waals surface area contributed by atoms with E-state index in [1.807, 2.05) is 19.1 Å². The standard InChI is InChI=1S/C20H23N3O2S/c1-12-9-23(10-13(2)25-12)19-18-17(11-26-20(18)22-14(3)21-19)15-5-7-16(24-4)8-6-15/h5-8,11-13H,9-10H2,1-4H3. The third-order valence-electron chi connectivity index (χ3n) is 4.65. The molecule has 1 fully saturated rings. The second kappa shape index (κ2) is 6.85. The number of hydrogen-bond donors (Lipinski definition) is 0. The Morgan fingerprint density at radius 3 is 2.46 bits per heavy atom. The van der Waals surface area contributed by atoms with E-state index in [2.05, 4.69) is 41.2 Å². The van der Waals surface area contributed by atoms with Crippen molar-refractivity contribution < 1.29 is 9.47 Å². The number of hydrogen-bond acceptors (Lipinski definition) is 6. The van der Waals surface area contributed by atoms with E-state index >= 15 is 0 Å². The molecule has 2 aromatic heterocycles. The third kappa shape index (κ3) is 3.15. The predicted octanol–water partition coefficient (Wildman–Crippen LogP) is 4.29. The molecule has 0 aliphatic carbocycles. The number of aromatic nitrogens is 2. The number of aryl methyl sites for hydroxylation is 1. The van der Waals surface area contributed by atoms with Crippen LogP contribution in [0.1, 0.15) is 19.7 Å². The molecule has 136 valence electrons. The summed E-state index contributed by atoms with van der Waals surface area (Å²) in [5, 5.41) is 3.31. The highest BCUT2D eigenvalue weighted by atomic mass is 32.1. The van der Waals surface area contributed by atoms with Gasteiger partial charge in [-0.1, -0.05) is 12.1 Å². The van der Waals surface area contributed by atoms with E-state index in [0.29, 0.717) is 0 Å². The topological polar surface area (TPSA) is 47.5 Å². The van der Waals surface area contributed by atoms with Crippen LogP contribution >= 0.6 is 11.3 Å². The number of morpholine rings is 1. The molecule has 0 N–H and O–H groups in total. The minimum Gasteiger partial charge on any atom is -0.497 e. The van der Waals surface area contributed by atoms with Crippen LogP contribution in [0.25, 0.3) is 21.3 Å². The Kier molecular flexibility index (Phi) is 4.54. The molecule has 0 amide bonds. The van der Waals surface area contributed by atoms with Gasteiger partial charge in [-0.05, 0) is 38.5 Å². The van der Waals surface area contributed by atoms with Crippen LogP contribution in [-0.4, -0.2) is 42.4 Å². The van der Waals surface area contributed by atoms with Crippen molar-refractivity contribution in [3.05, 3.63) is 35.5 Å². The quantitative estimate of drug-likeness (QED) is 0.689. The molecule has 1 saturated heterocycles. The van der Waals surface area contributed by atoms with E-state index in [1.165, 1.54) is 5.56 Å². The zero-order valence-electron chi connectivity index (χ0n) is 15.5. The lowest BCUT2D eigenvalue weighted by Gasteiger charge is -2.36. The minimum absolute atomic E-state index is 0.187. The fourth-order valence-corrected chi connectivity index (χ4v) is 4.58. The van der Waals surface area contributed by atoms with Gasteiger partial charge in [0, 0.05) is 24.0 Å². The normalized spacial score (nSPS) is 20.5. The van der Waals surface area contributed by atoms with E-state index in [4.69, 9.17) is 14.5 Å². The maximum absolute atomic E-state index is 5.91. The van der Waals surface area contributed by atoms with E-state index < -0.39 is 0 Å². The summed E-state index contributed by atoms with van der Waals surface area (Å²) in [6.45, 7) is 7.88. The lowest BCUT2D eigenvalue weighted by Crippen LogP contribution is -2.46. The molecule has 2 unspecified atom stereocenters. The Morgan fingerprint density at radius 1 is 1.12 bits per heavy atom. The van der Waals surface area contributed by atoms with Crippen LogP contribution in [0, 0.1) is 6.92 Å². The van der Waals surface area contributed by atoms with Gasteiger partial charge < -0.3 is 14.4 Å². The molecule has 1 aromatic carbocycles. The maximum Gasteiger partial charge on any atom is 0.141 e. The number of ether oxygens (including phenoxy) is 2. The predicted molar refractivity (Wildman–Crippen MR) is 106 cm³/mol. The molecule has 3 heterocycles. The van der Waals surface area contributed by atoms with E-state index in [9.17, 15) is 0 Å². The molecule has 0 bridgehead atoms. The number of rotatable bonds is 3. The first kappa shape index (κ1) is 17.2. The number of fused-ring (bicyclic) bond motifs is 1. The zero-order chi connectivity index (χ0) is 18.3. The molecular weight excluding hydrogens is 346 g/mol. The Labute approximate surface area is 157 Å². The first-order valence-corrected chi connectivity index (χ1v) is 9.73. The fraction of sp³-hybridized carbons (Fsp3) is 0.400. The first-order chi connectivity index (χ1) is 12.5. The van der Waals surface area contributed by atoms with Gasteiger partial charge in [-0.25, -0.2) is 9.97 Å². The van der Waals surface area contributed by atoms with Crippen LogP contribution < -0.4 is 9.64 Å². The molecule has 0 spiro atoms. The zero-order valence-corrected chi connectivity index (χ0v) is 16.3. The van der Waals surface area contributed by atoms with Crippen LogP contribution in [0.5, 0.6) is 5.75 Å². The molecule has 5 nitrogen and oxygen atoms in total. The summed E-state index contributed by atoms with van der Waals surface area (Å²) in [6, 6.07) is 8.17. The largest absolute Gasteiger partial charge is 0.497 e. The van der Waals surface area contributed by atoms with Crippen LogP contribution in [0.3, 0.4) is 0 Å². The minimum atomic E-state index is 0.187. The average molecular weight is 369 g/mol. The van der Waals surface area contributed by atoms with Gasteiger partial charge in [0.05, 0.1) is 24.7 Å². The van der Waals surface area contributed by atoms with Crippen molar-refractivity contribution in [3.63, 3.8) is 0 Å². The van der Waals surface area contributed by atoms with Gasteiger partial charge >= 0.3 is 0 Å². The number of anilines is 1. The smallest absolute Gasteiger partial charge is 0.141 e. The van der Waals surface area contributed by atoms with Gasteiger partial charge in [-0.15, -0.1) is 11.3 Å². The van der Waals surface area contributed by atoms with Crippen LogP contribution in [0.4, 0.5) is 5.82 Å². The molecule has 1 aliphatic heterocycles. The summed E-state index contributed by atoms with van der Waals surface area (Å²) < 4.78 is 11.2. The average Bonchev–Trinajstić information content (AvgIpc) is 3.04. The number of nitrogens with zero attached hydrogens (tertiary/aromatic N) is 3. The number of benzene rings is 1. The van der Waals surface area contributed by atoms with Crippen molar-refractivity contribution in [3.8, 4) is 16.9 Å². The van der Waals surface area contributed by atoms with Crippen molar-refractivity contribution >= 4 is 27.4 Å². The third-order valence-corrected chi connectivity index (χ3v) is 5.52. The lowest BCUT2D eigenvalue weighted by atomic mass is 10.1. The first-order valence-electron chi connectivity index (χ1n) is 8.86. The van der Waals surface area contributed by atoms with Gasteiger partial charge in [-0.2, -0.15) is 0 Å². The second-order valence-corrected chi connectivity index (χ2v) is 7.67. The summed E-state index contributed by atoms with van der Waals surface area (Å²) in [6.07, 6.45) is 0.374. The lowest BCUT2D eigenvalue weighted by molar-refractivity contribution is -0.00537. The Morgan fingerprint density at radius 2 is 1.81 bits per heavy atom. The molecule has 0 radical (unpaired) electrons. The van der Waals surface area contributed by atoms with Crippen molar-refractivity contribution in [2.24, 2.45) is 0 Å². The summed E-state index contributed by atoms with van der Waals surface area (Å²) in [7, 11) is 1.68. The van der Waals surface area contributed by atoms with Crippen molar-refractivity contribution in [1.29, 1.82) is 0 Å². The monoisotopic (exact) mass is 369 g/mol. The van der Waals surface area contributed by atoms with Crippen LogP contribution in [0.15, 0.2) is 29.6 Å². The van der Waals surface area contributed by atoms with Gasteiger partial charge in [0.1, 0.15) is 22.2 Å². The van der Waals surface area contributed by atoms with Crippen molar-refractivity contribution in [2.45, 2.75) is 33.0 Å². The molecule has 2 atom stereocenters. The number of methoxy groups -OCH3 is 1. The Balaban J connectivity index is 1.85. The summed E-state index contributed by atoms with van der Waals surface area (Å²) in [5.74, 6) is 2.68. The molecule has 6 heteroatoms. The Bertz CT molecular complexity index is 913. The van der Waals surface area contributed by atoms with Crippen molar-refractivity contribution in [2.75, 3.05) is 25.1 Å². The Hall–Kier alpha value is -2.18. The highest BCUT2D eigenvalue weighted by Crippen LogP contribution is 2.39. The van der Waals surface area contributed by atoms with Gasteiger partial charge in [-0.3, -0.25) is 0 Å². The molecular formula is C20H23N3O2S. The van der Waals surface area contributed by atoms with E-state index in [0.717, 1.165) is 46.3 Å². The van der Waals surface area contributed by atoms with Crippen LogP contribution in [-0.2, 0) is 4.74 Å². The SMILES string of the molecule is COc1ccc(-c2csc3nc(C)nc(N4CC(C)OC(C)C4)c23)cc1. The second-order valence-electron chi connectivity index (χ2n) is 6.81. The molecule has 3 aromatic rings. The van der Waals surface area contributed by atoms with E-state index in [1.54, 1.807) is 18.4 Å². The summed E-state index contributed by atoms with van der Waals surface area (Å²) in [4.78, 5) is 12.9. The summed E-state index contributed by atoms with van der Waals surface area (Å²) >= 11 is 1.67. The number of thiophene rings is 1. The molecule has 0 saturated carbocycles. The van der Waals surface area contributed by atoms with Crippen molar-refractivity contribution in [1.82, 2.24) is 9.97 Å². The summed E-state index contributed by atoms with van der Waals surface area (Å²) in [5.41, 5.74) is 2.33. The highest BCUT2D eigenvalue weighted by molar-refractivity contribution is 7.17. The van der Waals surface area contributed by atoms with Crippen LogP contribution in [0.2, 0.25) is 0 Å². The molecule has 4 rings (SSSR count). The van der Waals surface area contributed by atoms with E-state index in [-0.39, 0.29) is 12.2 Å². The molecule has 26 heavy (non-hydrogen) atoms. The van der Waals surface area contributed by atoms with Gasteiger partial charge in [0.15, 0.2) is 0 Å². The molecule has 1 aliphatic rings. The van der Waals surface area contributed by atoms with Gasteiger partial charge in [0.2, 0.25) is 0 Å². The maximum atomic E-state index is 5.91. The highest BCUT2D eigenvalue weighted by Gasteiger charge is 2.26. The fourth-order valence-electron chi connectivity index (χ4n) is 3.59. The van der Waals surface area contributed by atoms with Gasteiger partial charge in [0.25, 0.3) is 0 Å².